The van der Waals surface area contributed by atoms with Crippen molar-refractivity contribution in [1.29, 1.82) is 0 Å². The zero-order valence-electron chi connectivity index (χ0n) is 6.70. The van der Waals surface area contributed by atoms with Crippen LogP contribution in [-0.4, -0.2) is 12.3 Å². The van der Waals surface area contributed by atoms with Crippen LogP contribution in [0.1, 0.15) is 25.2 Å². The number of hydrogen-bond acceptors (Lipinski definition) is 4. The van der Waals surface area contributed by atoms with Crippen LogP contribution in [0.15, 0.2) is 10.6 Å². The molecule has 4 heteroatoms. The van der Waals surface area contributed by atoms with Crippen LogP contribution in [0.25, 0.3) is 0 Å². The molecule has 1 aromatic rings. The summed E-state index contributed by atoms with van der Waals surface area (Å²) < 4.78 is 10.0. The van der Waals surface area contributed by atoms with E-state index in [9.17, 15) is 0 Å². The predicted octanol–water partition coefficient (Wildman–Crippen LogP) is 1.35. The van der Waals surface area contributed by atoms with Gasteiger partial charge in [0.1, 0.15) is 6.10 Å². The zero-order chi connectivity index (χ0) is 8.27. The summed E-state index contributed by atoms with van der Waals surface area (Å²) in [6.45, 7) is 2.01. The number of nitrogens with zero attached hydrogens (tertiary/aromatic N) is 1. The van der Waals surface area contributed by atoms with Crippen molar-refractivity contribution in [3.05, 3.63) is 11.8 Å². The highest BCUT2D eigenvalue weighted by atomic mass is 16.5. The van der Waals surface area contributed by atoms with Gasteiger partial charge >= 0.3 is 0 Å². The Balaban J connectivity index is 2.73. The lowest BCUT2D eigenvalue weighted by Gasteiger charge is -2.06. The minimum atomic E-state index is -0.0280. The molecular weight excluding hydrogens is 144 g/mol. The maximum Gasteiger partial charge on any atom is 0.167 e. The minimum absolute atomic E-state index is 0.0280. The highest BCUT2D eigenvalue weighted by molar-refractivity contribution is 5.27. The van der Waals surface area contributed by atoms with Gasteiger partial charge in [0.05, 0.1) is 0 Å². The average Bonchev–Trinajstić information content (AvgIpc) is 2.39. The Morgan fingerprint density at radius 3 is 2.91 bits per heavy atom. The van der Waals surface area contributed by atoms with Gasteiger partial charge in [0.2, 0.25) is 0 Å². The van der Waals surface area contributed by atoms with E-state index < -0.39 is 0 Å². The Hall–Kier alpha value is -1.03. The maximum atomic E-state index is 5.37. The lowest BCUT2D eigenvalue weighted by atomic mass is 10.2. The molecule has 0 saturated heterocycles. The molecule has 2 N–H and O–H groups in total. The summed E-state index contributed by atoms with van der Waals surface area (Å²) in [6, 6.07) is 1.68. The standard InChI is InChI=1S/C7H12N2O2/c1-3-5(10-2)6-4-7(8)9-11-6/h4-5H,3H2,1-2H3,(H2,8,9). The quantitative estimate of drug-likeness (QED) is 0.717. The van der Waals surface area contributed by atoms with E-state index in [1.807, 2.05) is 6.92 Å². The molecule has 1 unspecified atom stereocenters. The first-order valence-corrected chi connectivity index (χ1v) is 3.52. The van der Waals surface area contributed by atoms with Crippen LogP contribution in [0, 0.1) is 0 Å². The third kappa shape index (κ3) is 1.71. The lowest BCUT2D eigenvalue weighted by Crippen LogP contribution is -1.97. The molecule has 0 aliphatic rings. The first kappa shape index (κ1) is 8.07. The zero-order valence-corrected chi connectivity index (χ0v) is 6.70. The van der Waals surface area contributed by atoms with Crippen molar-refractivity contribution in [1.82, 2.24) is 5.16 Å². The highest BCUT2D eigenvalue weighted by Gasteiger charge is 2.12. The smallest absolute Gasteiger partial charge is 0.167 e. The Bertz CT molecular complexity index is 218. The van der Waals surface area contributed by atoms with E-state index >= 15 is 0 Å². The maximum absolute atomic E-state index is 5.37. The summed E-state index contributed by atoms with van der Waals surface area (Å²) in [5.74, 6) is 1.09. The molecule has 1 rings (SSSR count). The summed E-state index contributed by atoms with van der Waals surface area (Å²) in [5.41, 5.74) is 5.37. The SMILES string of the molecule is CCC(OC)c1cc(N)no1. The van der Waals surface area contributed by atoms with E-state index in [0.717, 1.165) is 6.42 Å². The van der Waals surface area contributed by atoms with E-state index in [4.69, 9.17) is 15.0 Å². The van der Waals surface area contributed by atoms with Crippen molar-refractivity contribution < 1.29 is 9.26 Å². The largest absolute Gasteiger partial charge is 0.381 e. The van der Waals surface area contributed by atoms with E-state index in [-0.39, 0.29) is 6.10 Å². The summed E-state index contributed by atoms with van der Waals surface area (Å²) in [6.07, 6.45) is 0.824. The van der Waals surface area contributed by atoms with Gasteiger partial charge in [-0.3, -0.25) is 0 Å². The van der Waals surface area contributed by atoms with Crippen molar-refractivity contribution in [2.45, 2.75) is 19.4 Å². The molecule has 1 aromatic heterocycles. The van der Waals surface area contributed by atoms with Crippen LogP contribution in [0.2, 0.25) is 0 Å². The van der Waals surface area contributed by atoms with E-state index in [2.05, 4.69) is 5.16 Å². The number of anilines is 1. The number of nitrogens with two attached hydrogens (primary N) is 1. The fraction of sp³-hybridized carbons (Fsp3) is 0.571. The van der Waals surface area contributed by atoms with Crippen LogP contribution in [0.5, 0.6) is 0 Å². The second kappa shape index (κ2) is 3.39. The molecule has 11 heavy (non-hydrogen) atoms. The number of methoxy groups -OCH3 is 1. The molecule has 0 fully saturated rings. The minimum Gasteiger partial charge on any atom is -0.381 e. The van der Waals surface area contributed by atoms with Crippen LogP contribution in [-0.2, 0) is 4.74 Å². The number of nitrogen functional groups attached to an aromatic ring is 1. The van der Waals surface area contributed by atoms with Crippen LogP contribution >= 0.6 is 0 Å². The van der Waals surface area contributed by atoms with Crippen molar-refractivity contribution in [2.75, 3.05) is 12.8 Å². The van der Waals surface area contributed by atoms with Crippen molar-refractivity contribution in [2.24, 2.45) is 0 Å². The molecule has 0 aliphatic heterocycles. The van der Waals surface area contributed by atoms with Gasteiger partial charge in [-0.2, -0.15) is 0 Å². The van der Waals surface area contributed by atoms with Gasteiger partial charge in [-0.15, -0.1) is 0 Å². The van der Waals surface area contributed by atoms with Gasteiger partial charge in [-0.05, 0) is 6.42 Å². The molecule has 1 atom stereocenters. The molecule has 4 nitrogen and oxygen atoms in total. The molecule has 0 bridgehead atoms. The number of ether oxygens (including phenoxy) is 1. The number of rotatable bonds is 3. The molecule has 0 amide bonds. The Morgan fingerprint density at radius 1 is 1.82 bits per heavy atom. The second-order valence-corrected chi connectivity index (χ2v) is 2.29. The summed E-state index contributed by atoms with van der Waals surface area (Å²) in [4.78, 5) is 0. The Kier molecular flexibility index (Phi) is 2.48. The van der Waals surface area contributed by atoms with Crippen LogP contribution in [0.4, 0.5) is 5.82 Å². The topological polar surface area (TPSA) is 61.3 Å². The van der Waals surface area contributed by atoms with Crippen LogP contribution in [0.3, 0.4) is 0 Å². The molecule has 0 spiro atoms. The lowest BCUT2D eigenvalue weighted by molar-refractivity contribution is 0.0751. The second-order valence-electron chi connectivity index (χ2n) is 2.29. The van der Waals surface area contributed by atoms with Crippen molar-refractivity contribution in [3.8, 4) is 0 Å². The molecule has 0 aliphatic carbocycles. The van der Waals surface area contributed by atoms with Crippen LogP contribution < -0.4 is 5.73 Å². The van der Waals surface area contributed by atoms with E-state index in [1.54, 1.807) is 13.2 Å². The van der Waals surface area contributed by atoms with E-state index in [0.29, 0.717) is 11.6 Å². The van der Waals surface area contributed by atoms with Gasteiger partial charge in [0.15, 0.2) is 11.6 Å². The van der Waals surface area contributed by atoms with Gasteiger partial charge in [0.25, 0.3) is 0 Å². The Labute approximate surface area is 65.3 Å². The number of hydrogen-bond donors (Lipinski definition) is 1. The highest BCUT2D eigenvalue weighted by Crippen LogP contribution is 2.20. The molecule has 1 heterocycles. The fourth-order valence-corrected chi connectivity index (χ4v) is 0.940. The predicted molar refractivity (Wildman–Crippen MR) is 41.0 cm³/mol. The third-order valence-electron chi connectivity index (χ3n) is 1.52. The first-order valence-electron chi connectivity index (χ1n) is 3.52. The summed E-state index contributed by atoms with van der Waals surface area (Å²) in [7, 11) is 1.63. The molecule has 0 aromatic carbocycles. The first-order chi connectivity index (χ1) is 5.27. The number of aromatic nitrogens is 1. The Morgan fingerprint density at radius 2 is 2.55 bits per heavy atom. The molecular formula is C7H12N2O2. The monoisotopic (exact) mass is 156 g/mol. The average molecular weight is 156 g/mol. The summed E-state index contributed by atoms with van der Waals surface area (Å²) >= 11 is 0. The summed E-state index contributed by atoms with van der Waals surface area (Å²) in [5, 5.41) is 3.56. The third-order valence-corrected chi connectivity index (χ3v) is 1.52. The van der Waals surface area contributed by atoms with Gasteiger partial charge in [-0.1, -0.05) is 12.1 Å². The molecule has 0 radical (unpaired) electrons. The van der Waals surface area contributed by atoms with E-state index in [1.165, 1.54) is 0 Å². The molecule has 0 saturated carbocycles. The van der Waals surface area contributed by atoms with Gasteiger partial charge < -0.3 is 15.0 Å². The normalized spacial score (nSPS) is 13.3. The van der Waals surface area contributed by atoms with Crippen molar-refractivity contribution >= 4 is 5.82 Å². The van der Waals surface area contributed by atoms with Crippen molar-refractivity contribution in [3.63, 3.8) is 0 Å². The molecule has 62 valence electrons. The van der Waals surface area contributed by atoms with Gasteiger partial charge in [0, 0.05) is 13.2 Å². The fourth-order valence-electron chi connectivity index (χ4n) is 0.940. The van der Waals surface area contributed by atoms with Gasteiger partial charge in [-0.25, -0.2) is 0 Å².